The van der Waals surface area contributed by atoms with E-state index in [2.05, 4.69) is 9.97 Å². The standard InChI is InChI=1S/C26H36ClN5O8/c1-7-20(40-15(11-33)12-34)31-10-14(21-23(27)29-25(28)30-24(21)31)13-39-22(26(2,3)4)16-8-18(37-5)19(38-6)9-17(16)32(35)36/h8-10,15,20,22,33-34H,7,11-13H2,1-6H3,(H2,28,29,30)/t20-,22?/m1/s1. The SMILES string of the molecule is CC[C@@H](OC(CO)CO)n1cc(COC(c2cc(OC)c(OC)cc2[N+](=O)[O-])C(C)(C)C)c2c(Cl)nc(N)nc21. The highest BCUT2D eigenvalue weighted by Crippen LogP contribution is 2.45. The van der Waals surface area contributed by atoms with Crippen molar-refractivity contribution in [2.24, 2.45) is 5.41 Å². The molecule has 0 aliphatic heterocycles. The first kappa shape index (κ1) is 31.3. The van der Waals surface area contributed by atoms with Gasteiger partial charge in [0.25, 0.3) is 5.69 Å². The molecule has 0 amide bonds. The third-order valence-corrected chi connectivity index (χ3v) is 6.62. The number of nitro groups is 1. The van der Waals surface area contributed by atoms with Crippen molar-refractivity contribution in [3.63, 3.8) is 0 Å². The van der Waals surface area contributed by atoms with Crippen LogP contribution in [0.25, 0.3) is 11.0 Å². The first-order valence-corrected chi connectivity index (χ1v) is 13.0. The number of anilines is 1. The lowest BCUT2D eigenvalue weighted by Crippen LogP contribution is -2.26. The number of halogens is 1. The number of aliphatic hydroxyl groups excluding tert-OH is 2. The monoisotopic (exact) mass is 581 g/mol. The lowest BCUT2D eigenvalue weighted by Gasteiger charge is -2.31. The Morgan fingerprint density at radius 3 is 2.30 bits per heavy atom. The third kappa shape index (κ3) is 6.56. The van der Waals surface area contributed by atoms with Crippen LogP contribution in [-0.4, -0.2) is 63.2 Å². The van der Waals surface area contributed by atoms with Gasteiger partial charge in [0.05, 0.1) is 62.1 Å². The number of hydrogen-bond acceptors (Lipinski definition) is 11. The molecule has 14 heteroatoms. The first-order chi connectivity index (χ1) is 18.9. The predicted molar refractivity (Wildman–Crippen MR) is 149 cm³/mol. The van der Waals surface area contributed by atoms with E-state index in [0.29, 0.717) is 34.3 Å². The van der Waals surface area contributed by atoms with Gasteiger partial charge in [0.15, 0.2) is 11.5 Å². The van der Waals surface area contributed by atoms with Crippen LogP contribution in [0.1, 0.15) is 57.6 Å². The molecule has 3 rings (SSSR count). The van der Waals surface area contributed by atoms with E-state index in [0.717, 1.165) is 0 Å². The highest BCUT2D eigenvalue weighted by molar-refractivity contribution is 6.34. The van der Waals surface area contributed by atoms with E-state index in [1.54, 1.807) is 16.8 Å². The van der Waals surface area contributed by atoms with Gasteiger partial charge in [-0.2, -0.15) is 4.98 Å². The number of nitro benzene ring substituents is 1. The van der Waals surface area contributed by atoms with Crippen LogP contribution in [0.3, 0.4) is 0 Å². The molecule has 3 aromatic rings. The van der Waals surface area contributed by atoms with Crippen molar-refractivity contribution in [2.45, 2.75) is 59.2 Å². The minimum absolute atomic E-state index is 0.0240. The van der Waals surface area contributed by atoms with Gasteiger partial charge in [0.1, 0.15) is 23.1 Å². The summed E-state index contributed by atoms with van der Waals surface area (Å²) in [5, 5.41) is 31.7. The van der Waals surface area contributed by atoms with E-state index in [4.69, 9.17) is 36.3 Å². The minimum atomic E-state index is -0.812. The van der Waals surface area contributed by atoms with Crippen molar-refractivity contribution < 1.29 is 34.1 Å². The fraction of sp³-hybridized carbons (Fsp3) is 0.538. The molecule has 0 aliphatic carbocycles. The maximum atomic E-state index is 12.1. The molecule has 0 saturated carbocycles. The number of fused-ring (bicyclic) bond motifs is 1. The smallest absolute Gasteiger partial charge is 0.279 e. The Kier molecular flexibility index (Phi) is 10.1. The van der Waals surface area contributed by atoms with Crippen LogP contribution in [0, 0.1) is 15.5 Å². The molecule has 1 aromatic carbocycles. The zero-order valence-corrected chi connectivity index (χ0v) is 24.1. The summed E-state index contributed by atoms with van der Waals surface area (Å²) in [7, 11) is 2.86. The van der Waals surface area contributed by atoms with E-state index in [1.165, 1.54) is 20.3 Å². The van der Waals surface area contributed by atoms with Gasteiger partial charge in [-0.05, 0) is 17.9 Å². The third-order valence-electron chi connectivity index (χ3n) is 6.34. The molecule has 0 spiro atoms. The van der Waals surface area contributed by atoms with E-state index >= 15 is 0 Å². The number of nitrogen functional groups attached to an aromatic ring is 1. The molecular weight excluding hydrogens is 546 g/mol. The summed E-state index contributed by atoms with van der Waals surface area (Å²) < 4.78 is 24.7. The van der Waals surface area contributed by atoms with Gasteiger partial charge in [-0.25, -0.2) is 4.98 Å². The number of aliphatic hydroxyl groups is 2. The second-order valence-corrected chi connectivity index (χ2v) is 10.6. The summed E-state index contributed by atoms with van der Waals surface area (Å²) in [6.45, 7) is 6.81. The molecule has 2 heterocycles. The molecular formula is C26H36ClN5O8. The fourth-order valence-corrected chi connectivity index (χ4v) is 4.77. The molecule has 2 atom stereocenters. The number of nitrogens with two attached hydrogens (primary N) is 1. The Hall–Kier alpha value is -3.23. The Balaban J connectivity index is 2.11. The lowest BCUT2D eigenvalue weighted by molar-refractivity contribution is -0.386. The van der Waals surface area contributed by atoms with Crippen LogP contribution in [0.15, 0.2) is 18.3 Å². The van der Waals surface area contributed by atoms with Gasteiger partial charge in [-0.15, -0.1) is 0 Å². The average molecular weight is 582 g/mol. The molecule has 40 heavy (non-hydrogen) atoms. The zero-order chi connectivity index (χ0) is 29.8. The van der Waals surface area contributed by atoms with Crippen LogP contribution in [-0.2, 0) is 16.1 Å². The summed E-state index contributed by atoms with van der Waals surface area (Å²) in [6, 6.07) is 2.87. The quantitative estimate of drug-likeness (QED) is 0.150. The average Bonchev–Trinajstić information content (AvgIpc) is 3.26. The number of methoxy groups -OCH3 is 2. The minimum Gasteiger partial charge on any atom is -0.493 e. The molecule has 0 fully saturated rings. The summed E-state index contributed by atoms with van der Waals surface area (Å²) in [4.78, 5) is 20.0. The van der Waals surface area contributed by atoms with Gasteiger partial charge in [-0.1, -0.05) is 39.3 Å². The molecule has 4 N–H and O–H groups in total. The highest BCUT2D eigenvalue weighted by Gasteiger charge is 2.35. The number of aromatic nitrogens is 3. The number of benzene rings is 1. The maximum Gasteiger partial charge on any atom is 0.279 e. The molecule has 0 aliphatic rings. The fourth-order valence-electron chi connectivity index (χ4n) is 4.48. The number of hydrogen-bond donors (Lipinski definition) is 3. The van der Waals surface area contributed by atoms with Crippen LogP contribution >= 0.6 is 11.6 Å². The Labute approximate surface area is 236 Å². The van der Waals surface area contributed by atoms with Gasteiger partial charge >= 0.3 is 0 Å². The van der Waals surface area contributed by atoms with Crippen LogP contribution < -0.4 is 15.2 Å². The molecule has 1 unspecified atom stereocenters. The predicted octanol–water partition coefficient (Wildman–Crippen LogP) is 4.17. The molecule has 2 aromatic heterocycles. The van der Waals surface area contributed by atoms with Crippen molar-refractivity contribution in [2.75, 3.05) is 33.2 Å². The van der Waals surface area contributed by atoms with E-state index < -0.39 is 28.8 Å². The Morgan fingerprint density at radius 2 is 1.77 bits per heavy atom. The van der Waals surface area contributed by atoms with Crippen LogP contribution in [0.5, 0.6) is 11.5 Å². The number of rotatable bonds is 13. The first-order valence-electron chi connectivity index (χ1n) is 12.6. The number of ether oxygens (including phenoxy) is 4. The molecule has 0 saturated heterocycles. The van der Waals surface area contributed by atoms with Crippen molar-refractivity contribution in [3.05, 3.63) is 44.7 Å². The largest absolute Gasteiger partial charge is 0.493 e. The van der Waals surface area contributed by atoms with Gasteiger partial charge in [0.2, 0.25) is 5.95 Å². The van der Waals surface area contributed by atoms with Gasteiger partial charge < -0.3 is 39.5 Å². The zero-order valence-electron chi connectivity index (χ0n) is 23.4. The topological polar surface area (TPSA) is 177 Å². The summed E-state index contributed by atoms with van der Waals surface area (Å²) in [5.74, 6) is 0.508. The van der Waals surface area contributed by atoms with E-state index in [9.17, 15) is 20.3 Å². The van der Waals surface area contributed by atoms with Crippen molar-refractivity contribution in [1.29, 1.82) is 0 Å². The van der Waals surface area contributed by atoms with Crippen molar-refractivity contribution in [1.82, 2.24) is 14.5 Å². The Bertz CT molecular complexity index is 1340. The normalized spacial score (nSPS) is 13.6. The molecule has 13 nitrogen and oxygen atoms in total. The van der Waals surface area contributed by atoms with Crippen molar-refractivity contribution >= 4 is 34.3 Å². The molecule has 0 radical (unpaired) electrons. The van der Waals surface area contributed by atoms with Crippen molar-refractivity contribution in [3.8, 4) is 11.5 Å². The number of nitrogens with zero attached hydrogens (tertiary/aromatic N) is 4. The molecule has 220 valence electrons. The van der Waals surface area contributed by atoms with Crippen LogP contribution in [0.2, 0.25) is 5.15 Å². The summed E-state index contributed by atoms with van der Waals surface area (Å²) in [6.07, 6.45) is -0.00681. The highest BCUT2D eigenvalue weighted by atomic mass is 35.5. The lowest BCUT2D eigenvalue weighted by atomic mass is 9.83. The van der Waals surface area contributed by atoms with E-state index in [-0.39, 0.29) is 42.4 Å². The Morgan fingerprint density at radius 1 is 1.15 bits per heavy atom. The summed E-state index contributed by atoms with van der Waals surface area (Å²) >= 11 is 6.51. The van der Waals surface area contributed by atoms with Crippen LogP contribution in [0.4, 0.5) is 11.6 Å². The summed E-state index contributed by atoms with van der Waals surface area (Å²) in [5.41, 5.74) is 6.41. The molecule has 0 bridgehead atoms. The van der Waals surface area contributed by atoms with Gasteiger partial charge in [0, 0.05) is 11.8 Å². The maximum absolute atomic E-state index is 12.1. The van der Waals surface area contributed by atoms with Gasteiger partial charge in [-0.3, -0.25) is 10.1 Å². The second kappa shape index (κ2) is 13.0. The second-order valence-electron chi connectivity index (χ2n) is 10.2. The van der Waals surface area contributed by atoms with E-state index in [1.807, 2.05) is 27.7 Å².